The molecule has 2 aromatic rings. The minimum atomic E-state index is -0.514. The molecule has 194 valence electrons. The van der Waals surface area contributed by atoms with E-state index < -0.39 is 6.04 Å². The molecule has 3 aliphatic heterocycles. The first kappa shape index (κ1) is 25.0. The van der Waals surface area contributed by atoms with Crippen LogP contribution in [0.2, 0.25) is 0 Å². The van der Waals surface area contributed by atoms with Crippen LogP contribution >= 0.6 is 0 Å². The largest absolute Gasteiger partial charge is 0.368 e. The monoisotopic (exact) mass is 500 g/mol. The van der Waals surface area contributed by atoms with Crippen molar-refractivity contribution in [2.75, 3.05) is 19.6 Å². The molecule has 0 aliphatic carbocycles. The molecule has 3 unspecified atom stereocenters. The summed E-state index contributed by atoms with van der Waals surface area (Å²) in [5, 5.41) is 9.70. The number of carbonyl (C=O) groups is 2. The van der Waals surface area contributed by atoms with E-state index in [-0.39, 0.29) is 35.9 Å². The number of benzene rings is 2. The molecule has 2 amide bonds. The van der Waals surface area contributed by atoms with E-state index in [2.05, 4.69) is 69.5 Å². The highest BCUT2D eigenvalue weighted by atomic mass is 16.2. The van der Waals surface area contributed by atoms with E-state index in [0.29, 0.717) is 13.1 Å². The van der Waals surface area contributed by atoms with Gasteiger partial charge in [-0.05, 0) is 41.0 Å². The van der Waals surface area contributed by atoms with Crippen LogP contribution in [0.25, 0.3) is 11.1 Å². The van der Waals surface area contributed by atoms with Crippen LogP contribution in [0.1, 0.15) is 56.8 Å². The fraction of sp³-hybridized carbons (Fsp3) is 0.448. The molecule has 2 aromatic carbocycles. The van der Waals surface area contributed by atoms with E-state index in [0.717, 1.165) is 25.2 Å². The summed E-state index contributed by atoms with van der Waals surface area (Å²) < 4.78 is 0. The summed E-state index contributed by atoms with van der Waals surface area (Å²) in [6.45, 7) is 7.51. The van der Waals surface area contributed by atoms with Crippen molar-refractivity contribution in [2.45, 2.75) is 57.8 Å². The Bertz CT molecular complexity index is 1180. The second kappa shape index (κ2) is 10.7. The van der Waals surface area contributed by atoms with E-state index >= 15 is 0 Å². The van der Waals surface area contributed by atoms with Crippen LogP contribution in [0.4, 0.5) is 0 Å². The van der Waals surface area contributed by atoms with Crippen molar-refractivity contribution >= 4 is 24.0 Å². The lowest BCUT2D eigenvalue weighted by molar-refractivity contribution is -0.137. The second-order valence-electron chi connectivity index (χ2n) is 10.5. The zero-order valence-corrected chi connectivity index (χ0v) is 21.8. The molecule has 0 saturated carbocycles. The number of rotatable bonds is 7. The van der Waals surface area contributed by atoms with Gasteiger partial charge in [0.15, 0.2) is 0 Å². The van der Waals surface area contributed by atoms with Crippen molar-refractivity contribution in [3.8, 4) is 11.1 Å². The zero-order chi connectivity index (χ0) is 25.9. The quantitative estimate of drug-likeness (QED) is 0.544. The van der Waals surface area contributed by atoms with Gasteiger partial charge in [0.25, 0.3) is 0 Å². The summed E-state index contributed by atoms with van der Waals surface area (Å²) in [6.07, 6.45) is 3.59. The van der Waals surface area contributed by atoms with Gasteiger partial charge in [-0.15, -0.1) is 0 Å². The molecular formula is C29H36N6O2. The molecule has 3 N–H and O–H groups in total. The summed E-state index contributed by atoms with van der Waals surface area (Å²) >= 11 is 0. The van der Waals surface area contributed by atoms with Crippen LogP contribution in [-0.4, -0.2) is 60.6 Å². The Morgan fingerprint density at radius 3 is 2.19 bits per heavy atom. The fourth-order valence-electron chi connectivity index (χ4n) is 5.45. The summed E-state index contributed by atoms with van der Waals surface area (Å²) in [4.78, 5) is 36.0. The third-order valence-electron chi connectivity index (χ3n) is 7.52. The molecule has 0 bridgehead atoms. The first-order chi connectivity index (χ1) is 17.9. The van der Waals surface area contributed by atoms with Gasteiger partial charge in [0, 0.05) is 13.5 Å². The SMILES string of the molecule is CC(=O)N[C@H](C(=O)N1CCCC1C1=NCC(c2ccc(-c3ccc(C4CN=CN4)cc3)cc2)N1)C(C)C. The Labute approximate surface area is 218 Å². The molecule has 4 atom stereocenters. The maximum Gasteiger partial charge on any atom is 0.246 e. The van der Waals surface area contributed by atoms with Crippen molar-refractivity contribution in [1.29, 1.82) is 0 Å². The molecule has 3 heterocycles. The summed E-state index contributed by atoms with van der Waals surface area (Å²) in [5.74, 6) is 0.698. The lowest BCUT2D eigenvalue weighted by Gasteiger charge is -2.31. The van der Waals surface area contributed by atoms with Gasteiger partial charge in [-0.3, -0.25) is 19.6 Å². The van der Waals surface area contributed by atoms with Crippen molar-refractivity contribution in [3.63, 3.8) is 0 Å². The number of nitrogens with zero attached hydrogens (tertiary/aromatic N) is 3. The highest BCUT2D eigenvalue weighted by molar-refractivity contribution is 5.95. The minimum Gasteiger partial charge on any atom is -0.368 e. The molecule has 8 heteroatoms. The van der Waals surface area contributed by atoms with E-state index in [1.54, 1.807) is 6.34 Å². The maximum atomic E-state index is 13.3. The predicted octanol–water partition coefficient (Wildman–Crippen LogP) is 3.22. The first-order valence-electron chi connectivity index (χ1n) is 13.2. The number of amides is 2. The molecule has 0 aromatic heterocycles. The third-order valence-corrected chi connectivity index (χ3v) is 7.52. The number of likely N-dealkylation sites (tertiary alicyclic amines) is 1. The Hall–Kier alpha value is -3.68. The molecule has 5 rings (SSSR count). The first-order valence-corrected chi connectivity index (χ1v) is 13.2. The lowest BCUT2D eigenvalue weighted by atomic mass is 9.98. The lowest BCUT2D eigenvalue weighted by Crippen LogP contribution is -2.54. The number of amidine groups is 1. The molecule has 3 aliphatic rings. The topological polar surface area (TPSA) is 98.2 Å². The number of hydrogen-bond donors (Lipinski definition) is 3. The van der Waals surface area contributed by atoms with Crippen LogP contribution in [0.5, 0.6) is 0 Å². The van der Waals surface area contributed by atoms with E-state index in [9.17, 15) is 9.59 Å². The van der Waals surface area contributed by atoms with Gasteiger partial charge in [-0.25, -0.2) is 0 Å². The number of nitrogens with one attached hydrogen (secondary N) is 3. The van der Waals surface area contributed by atoms with Gasteiger partial charge >= 0.3 is 0 Å². The Kier molecular flexibility index (Phi) is 7.26. The van der Waals surface area contributed by atoms with Crippen LogP contribution in [0.15, 0.2) is 58.5 Å². The molecule has 8 nitrogen and oxygen atoms in total. The minimum absolute atomic E-state index is 0.0204. The number of aliphatic imine (C=N–C) groups is 2. The average molecular weight is 501 g/mol. The van der Waals surface area contributed by atoms with Crippen LogP contribution in [0, 0.1) is 5.92 Å². The molecular weight excluding hydrogens is 464 g/mol. The Balaban J connectivity index is 1.22. The van der Waals surface area contributed by atoms with Gasteiger partial charge in [0.05, 0.1) is 37.6 Å². The van der Waals surface area contributed by atoms with Gasteiger partial charge in [0.1, 0.15) is 11.9 Å². The maximum absolute atomic E-state index is 13.3. The van der Waals surface area contributed by atoms with E-state index in [1.165, 1.54) is 29.2 Å². The molecule has 1 saturated heterocycles. The van der Waals surface area contributed by atoms with Gasteiger partial charge < -0.3 is 20.9 Å². The molecule has 0 radical (unpaired) electrons. The smallest absolute Gasteiger partial charge is 0.246 e. The predicted molar refractivity (Wildman–Crippen MR) is 146 cm³/mol. The van der Waals surface area contributed by atoms with Crippen LogP contribution in [0.3, 0.4) is 0 Å². The van der Waals surface area contributed by atoms with E-state index in [1.807, 2.05) is 18.7 Å². The van der Waals surface area contributed by atoms with Crippen molar-refractivity contribution < 1.29 is 9.59 Å². The van der Waals surface area contributed by atoms with Gasteiger partial charge in [-0.2, -0.15) is 0 Å². The highest BCUT2D eigenvalue weighted by Crippen LogP contribution is 2.28. The van der Waals surface area contributed by atoms with Crippen molar-refractivity contribution in [2.24, 2.45) is 15.9 Å². The van der Waals surface area contributed by atoms with Gasteiger partial charge in [0.2, 0.25) is 11.8 Å². The third kappa shape index (κ3) is 5.38. The zero-order valence-electron chi connectivity index (χ0n) is 21.8. The van der Waals surface area contributed by atoms with Gasteiger partial charge in [-0.1, -0.05) is 62.4 Å². The Morgan fingerprint density at radius 1 is 0.973 bits per heavy atom. The second-order valence-corrected chi connectivity index (χ2v) is 10.5. The molecule has 0 spiro atoms. The standard InChI is InChI=1S/C29H36N6O2/c1-18(2)27(33-19(3)36)29(37)35-14-4-5-26(35)28-31-16-25(34-28)23-12-8-21(9-13-23)20-6-10-22(11-7-20)24-15-30-17-32-24/h6-13,17-18,24-27H,4-5,14-16H2,1-3H3,(H,30,32)(H,31,34)(H,33,36)/t24?,25?,26?,27-/m0/s1. The number of hydrogen-bond acceptors (Lipinski definition) is 6. The van der Waals surface area contributed by atoms with Crippen LogP contribution < -0.4 is 16.0 Å². The summed E-state index contributed by atoms with van der Waals surface area (Å²) in [6, 6.07) is 17.1. The molecule has 1 fully saturated rings. The summed E-state index contributed by atoms with van der Waals surface area (Å²) in [7, 11) is 0. The van der Waals surface area contributed by atoms with Crippen LogP contribution in [-0.2, 0) is 9.59 Å². The Morgan fingerprint density at radius 2 is 1.62 bits per heavy atom. The van der Waals surface area contributed by atoms with Crippen molar-refractivity contribution in [3.05, 3.63) is 59.7 Å². The fourth-order valence-corrected chi connectivity index (χ4v) is 5.45. The molecule has 37 heavy (non-hydrogen) atoms. The van der Waals surface area contributed by atoms with E-state index in [4.69, 9.17) is 4.99 Å². The normalized spacial score (nSPS) is 23.5. The average Bonchev–Trinajstić information content (AvgIpc) is 3.68. The highest BCUT2D eigenvalue weighted by Gasteiger charge is 2.39. The summed E-state index contributed by atoms with van der Waals surface area (Å²) in [5.41, 5.74) is 4.79. The van der Waals surface area contributed by atoms with Crippen molar-refractivity contribution in [1.82, 2.24) is 20.9 Å². The number of carbonyl (C=O) groups excluding carboxylic acids is 2.